The highest BCUT2D eigenvalue weighted by Crippen LogP contribution is 2.42. The van der Waals surface area contributed by atoms with Crippen molar-refractivity contribution in [3.05, 3.63) is 24.3 Å². The second-order valence-corrected chi connectivity index (χ2v) is 7.41. The van der Waals surface area contributed by atoms with Crippen molar-refractivity contribution in [3.63, 3.8) is 0 Å². The molecule has 0 saturated heterocycles. The lowest BCUT2D eigenvalue weighted by atomic mass is 9.72. The number of hydrogen-bond donors (Lipinski definition) is 0. The zero-order chi connectivity index (χ0) is 25.1. The average molecular weight is 459 g/mol. The van der Waals surface area contributed by atoms with Gasteiger partial charge >= 0.3 is 23.9 Å². The number of carbonyl (C=O) groups is 4. The van der Waals surface area contributed by atoms with E-state index in [1.807, 2.05) is 0 Å². The van der Waals surface area contributed by atoms with Crippen LogP contribution in [0.25, 0.3) is 0 Å². The largest absolute Gasteiger partial charge is 0.464 e. The molecule has 0 aliphatic carbocycles. The molecule has 32 heavy (non-hydrogen) atoms. The summed E-state index contributed by atoms with van der Waals surface area (Å²) in [6, 6.07) is 0. The van der Waals surface area contributed by atoms with Crippen LogP contribution in [0.5, 0.6) is 0 Å². The predicted octanol–water partition coefficient (Wildman–Crippen LogP) is 2.45. The van der Waals surface area contributed by atoms with Crippen molar-refractivity contribution in [2.45, 2.75) is 60.2 Å². The molecule has 10 nitrogen and oxygen atoms in total. The molecule has 0 spiro atoms. The number of ether oxygens (including phenoxy) is 4. The van der Waals surface area contributed by atoms with Gasteiger partial charge in [-0.2, -0.15) is 0 Å². The molecule has 0 saturated carbocycles. The SMILES string of the molecule is C=C(C(=O)OCC)C(OOC(C(=C)C(=O)OCC)(C(=O)OCC)C(C)(C)C)C(=O)OCC. The van der Waals surface area contributed by atoms with Crippen molar-refractivity contribution < 1.29 is 47.9 Å². The summed E-state index contributed by atoms with van der Waals surface area (Å²) >= 11 is 0. The molecule has 0 N–H and O–H groups in total. The smallest absolute Gasteiger partial charge is 0.347 e. The fourth-order valence-electron chi connectivity index (χ4n) is 2.59. The van der Waals surface area contributed by atoms with Gasteiger partial charge in [0.2, 0.25) is 11.7 Å². The molecule has 0 fully saturated rings. The van der Waals surface area contributed by atoms with E-state index in [2.05, 4.69) is 13.2 Å². The van der Waals surface area contributed by atoms with E-state index in [1.54, 1.807) is 48.5 Å². The van der Waals surface area contributed by atoms with Crippen LogP contribution in [-0.4, -0.2) is 62.0 Å². The minimum absolute atomic E-state index is 0.00682. The van der Waals surface area contributed by atoms with E-state index in [9.17, 15) is 19.2 Å². The molecule has 0 radical (unpaired) electrons. The highest BCUT2D eigenvalue weighted by atomic mass is 17.2. The highest BCUT2D eigenvalue weighted by Gasteiger charge is 2.58. The quantitative estimate of drug-likeness (QED) is 0.134. The van der Waals surface area contributed by atoms with Gasteiger partial charge in [0.1, 0.15) is 0 Å². The Morgan fingerprint density at radius 1 is 0.750 bits per heavy atom. The van der Waals surface area contributed by atoms with Gasteiger partial charge in [-0.1, -0.05) is 33.9 Å². The molecule has 0 aromatic rings. The third-order valence-corrected chi connectivity index (χ3v) is 4.19. The molecule has 10 heteroatoms. The third kappa shape index (κ3) is 6.89. The van der Waals surface area contributed by atoms with Gasteiger partial charge in [-0.05, 0) is 27.7 Å². The fraction of sp³-hybridized carbons (Fsp3) is 0.636. The molecule has 0 heterocycles. The van der Waals surface area contributed by atoms with E-state index in [-0.39, 0.29) is 26.4 Å². The standard InChI is InChI=1S/C22H34O10/c1-10-27-17(23)14(5)16(19(25)29-12-3)31-32-22(21(7,8)9,20(26)30-13-4)15(6)18(24)28-11-2/h16H,5-6,10-13H2,1-4,7-9H3. The molecule has 2 unspecified atom stereocenters. The number of esters is 4. The summed E-state index contributed by atoms with van der Waals surface area (Å²) in [5.74, 6) is -3.89. The first kappa shape index (κ1) is 29.3. The summed E-state index contributed by atoms with van der Waals surface area (Å²) in [5.41, 5.74) is -4.28. The van der Waals surface area contributed by atoms with Crippen LogP contribution in [-0.2, 0) is 47.9 Å². The summed E-state index contributed by atoms with van der Waals surface area (Å²) in [6.45, 7) is 18.1. The first-order valence-electron chi connectivity index (χ1n) is 10.3. The van der Waals surface area contributed by atoms with E-state index in [0.29, 0.717) is 0 Å². The first-order chi connectivity index (χ1) is 14.8. The number of rotatable bonds is 13. The van der Waals surface area contributed by atoms with Crippen molar-refractivity contribution in [3.8, 4) is 0 Å². The van der Waals surface area contributed by atoms with Crippen LogP contribution in [0.4, 0.5) is 0 Å². The minimum Gasteiger partial charge on any atom is -0.464 e. The lowest BCUT2D eigenvalue weighted by Crippen LogP contribution is -2.57. The topological polar surface area (TPSA) is 124 Å². The molecule has 0 aliphatic rings. The Bertz CT molecular complexity index is 719. The molecule has 0 aliphatic heterocycles. The monoisotopic (exact) mass is 458 g/mol. The summed E-state index contributed by atoms with van der Waals surface area (Å²) in [4.78, 5) is 60.8. The molecule has 0 aromatic carbocycles. The Labute approximate surface area is 188 Å². The molecule has 0 rings (SSSR count). The summed E-state index contributed by atoms with van der Waals surface area (Å²) in [5, 5.41) is 0. The van der Waals surface area contributed by atoms with E-state index >= 15 is 0 Å². The van der Waals surface area contributed by atoms with Crippen LogP contribution in [0, 0.1) is 5.41 Å². The van der Waals surface area contributed by atoms with Crippen molar-refractivity contribution in [2.75, 3.05) is 26.4 Å². The first-order valence-corrected chi connectivity index (χ1v) is 10.3. The molecule has 2 atom stereocenters. The highest BCUT2D eigenvalue weighted by molar-refractivity contribution is 6.00. The van der Waals surface area contributed by atoms with E-state index < -0.39 is 52.1 Å². The fourth-order valence-corrected chi connectivity index (χ4v) is 2.59. The Balaban J connectivity index is 6.39. The summed E-state index contributed by atoms with van der Waals surface area (Å²) < 4.78 is 19.9. The molecular formula is C22H34O10. The molecule has 0 amide bonds. The predicted molar refractivity (Wildman–Crippen MR) is 113 cm³/mol. The van der Waals surface area contributed by atoms with Crippen LogP contribution in [0.2, 0.25) is 0 Å². The van der Waals surface area contributed by atoms with Gasteiger partial charge < -0.3 is 18.9 Å². The van der Waals surface area contributed by atoms with Crippen molar-refractivity contribution in [1.82, 2.24) is 0 Å². The van der Waals surface area contributed by atoms with E-state index in [0.717, 1.165) is 0 Å². The number of carbonyl (C=O) groups excluding carboxylic acids is 4. The summed E-state index contributed by atoms with van der Waals surface area (Å²) in [7, 11) is 0. The van der Waals surface area contributed by atoms with Crippen LogP contribution >= 0.6 is 0 Å². The molecule has 182 valence electrons. The van der Waals surface area contributed by atoms with Gasteiger partial charge in [-0.15, -0.1) is 0 Å². The van der Waals surface area contributed by atoms with Crippen molar-refractivity contribution >= 4 is 23.9 Å². The zero-order valence-corrected chi connectivity index (χ0v) is 19.9. The number of hydrogen-bond acceptors (Lipinski definition) is 10. The zero-order valence-electron chi connectivity index (χ0n) is 19.9. The Morgan fingerprint density at radius 3 is 1.66 bits per heavy atom. The molecule has 0 aromatic heterocycles. The van der Waals surface area contributed by atoms with Gasteiger partial charge in [0.15, 0.2) is 0 Å². The van der Waals surface area contributed by atoms with Gasteiger partial charge in [-0.25, -0.2) is 29.0 Å². The Morgan fingerprint density at radius 2 is 1.22 bits per heavy atom. The van der Waals surface area contributed by atoms with E-state index in [1.165, 1.54) is 0 Å². The van der Waals surface area contributed by atoms with Gasteiger partial charge in [0, 0.05) is 5.41 Å². The Hall–Kier alpha value is -2.72. The minimum atomic E-state index is -2.24. The second kappa shape index (κ2) is 13.0. The van der Waals surface area contributed by atoms with E-state index in [4.69, 9.17) is 28.7 Å². The van der Waals surface area contributed by atoms with Crippen molar-refractivity contribution in [1.29, 1.82) is 0 Å². The lowest BCUT2D eigenvalue weighted by molar-refractivity contribution is -0.375. The van der Waals surface area contributed by atoms with Gasteiger partial charge in [-0.3, -0.25) is 0 Å². The third-order valence-electron chi connectivity index (χ3n) is 4.19. The average Bonchev–Trinajstić information content (AvgIpc) is 2.70. The molecular weight excluding hydrogens is 424 g/mol. The maximum Gasteiger partial charge on any atom is 0.347 e. The van der Waals surface area contributed by atoms with Crippen molar-refractivity contribution in [2.24, 2.45) is 5.41 Å². The molecule has 0 bridgehead atoms. The maximum atomic E-state index is 13.1. The summed E-state index contributed by atoms with van der Waals surface area (Å²) in [6.07, 6.45) is -1.79. The normalized spacial score (nSPS) is 13.8. The van der Waals surface area contributed by atoms with Gasteiger partial charge in [0.25, 0.3) is 0 Å². The van der Waals surface area contributed by atoms with Crippen LogP contribution in [0.1, 0.15) is 48.5 Å². The van der Waals surface area contributed by atoms with Gasteiger partial charge in [0.05, 0.1) is 37.6 Å². The van der Waals surface area contributed by atoms with Crippen LogP contribution < -0.4 is 0 Å². The second-order valence-electron chi connectivity index (χ2n) is 7.41. The maximum absolute atomic E-state index is 13.1. The lowest BCUT2D eigenvalue weighted by Gasteiger charge is -2.41. The Kier molecular flexibility index (Phi) is 11.9. The van der Waals surface area contributed by atoms with Crippen LogP contribution in [0.15, 0.2) is 24.3 Å². The van der Waals surface area contributed by atoms with Crippen LogP contribution in [0.3, 0.4) is 0 Å².